The first kappa shape index (κ1) is 26.3. The summed E-state index contributed by atoms with van der Waals surface area (Å²) in [7, 11) is 0. The molecule has 4 nitrogen and oxygen atoms in total. The Hall–Kier alpha value is -0.920. The number of hydrogen-bond donors (Lipinski definition) is 0. The minimum atomic E-state index is -0.433. The maximum atomic E-state index is 13.3. The molecule has 1 heterocycles. The maximum Gasteiger partial charge on any atom is 0.157 e. The lowest BCUT2D eigenvalue weighted by Crippen LogP contribution is -2.67. The van der Waals surface area contributed by atoms with Crippen molar-refractivity contribution in [2.75, 3.05) is 13.2 Å². The quantitative estimate of drug-likeness (QED) is 0.391. The lowest BCUT2D eigenvalue weighted by molar-refractivity contribution is -0.244. The maximum absolute atomic E-state index is 13.3. The molecule has 0 N–H and O–H groups in total. The fourth-order valence-electron chi connectivity index (χ4n) is 12.1. The molecule has 1 saturated heterocycles. The van der Waals surface area contributed by atoms with E-state index in [1.54, 1.807) is 0 Å². The van der Waals surface area contributed by atoms with E-state index in [1.165, 1.54) is 64.2 Å². The predicted octanol–water partition coefficient (Wildman–Crippen LogP) is 7.70. The monoisotopic (exact) mass is 509 g/mol. The number of fused-ring (bicyclic) bond motifs is 7. The first-order valence-corrected chi connectivity index (χ1v) is 15.7. The van der Waals surface area contributed by atoms with Crippen LogP contribution in [0.1, 0.15) is 118 Å². The summed E-state index contributed by atoms with van der Waals surface area (Å²) in [5, 5.41) is 9.98. The van der Waals surface area contributed by atoms with Crippen molar-refractivity contribution in [3.63, 3.8) is 0 Å². The average molecular weight is 510 g/mol. The molecular weight excluding hydrogens is 458 g/mol. The van der Waals surface area contributed by atoms with E-state index >= 15 is 0 Å². The highest BCUT2D eigenvalue weighted by Gasteiger charge is 2.70. The molecular formula is C33H51NO3. The van der Waals surface area contributed by atoms with Crippen molar-refractivity contribution in [1.29, 1.82) is 5.26 Å². The van der Waals surface area contributed by atoms with E-state index in [0.29, 0.717) is 22.7 Å². The van der Waals surface area contributed by atoms with Crippen LogP contribution >= 0.6 is 0 Å². The zero-order valence-electron chi connectivity index (χ0n) is 24.2. The van der Waals surface area contributed by atoms with Gasteiger partial charge in [-0.1, -0.05) is 41.0 Å². The van der Waals surface area contributed by atoms with Crippen molar-refractivity contribution in [3.05, 3.63) is 0 Å². The zero-order chi connectivity index (χ0) is 26.3. The van der Waals surface area contributed by atoms with Gasteiger partial charge < -0.3 is 9.47 Å². The highest BCUT2D eigenvalue weighted by atomic mass is 16.7. The van der Waals surface area contributed by atoms with Gasteiger partial charge in [-0.05, 0) is 122 Å². The number of nitriles is 1. The molecule has 5 aliphatic carbocycles. The summed E-state index contributed by atoms with van der Waals surface area (Å²) in [6.45, 7) is 13.9. The van der Waals surface area contributed by atoms with Crippen LogP contribution in [0.2, 0.25) is 0 Å². The summed E-state index contributed by atoms with van der Waals surface area (Å²) in [4.78, 5) is 13.3. The molecule has 6 fully saturated rings. The Kier molecular flexibility index (Phi) is 6.25. The van der Waals surface area contributed by atoms with Gasteiger partial charge in [0.15, 0.2) is 12.1 Å². The van der Waals surface area contributed by atoms with E-state index in [9.17, 15) is 10.1 Å². The Morgan fingerprint density at radius 2 is 1.68 bits per heavy atom. The largest absolute Gasteiger partial charge is 0.353 e. The molecule has 10 atom stereocenters. The minimum Gasteiger partial charge on any atom is -0.353 e. The number of rotatable bonds is 3. The third-order valence-corrected chi connectivity index (χ3v) is 14.1. The molecule has 206 valence electrons. The van der Waals surface area contributed by atoms with Crippen LogP contribution in [0.15, 0.2) is 0 Å². The van der Waals surface area contributed by atoms with Crippen molar-refractivity contribution in [3.8, 4) is 6.07 Å². The highest BCUT2D eigenvalue weighted by Crippen LogP contribution is 2.76. The molecule has 0 aromatic heterocycles. The first-order valence-electron chi connectivity index (χ1n) is 15.7. The lowest BCUT2D eigenvalue weighted by Gasteiger charge is -2.72. The molecule has 6 aliphatic rings. The second-order valence-electron chi connectivity index (χ2n) is 15.6. The van der Waals surface area contributed by atoms with Gasteiger partial charge in [-0.25, -0.2) is 0 Å². The number of hydrogen-bond acceptors (Lipinski definition) is 4. The van der Waals surface area contributed by atoms with Crippen molar-refractivity contribution in [2.24, 2.45) is 56.7 Å². The third-order valence-electron chi connectivity index (χ3n) is 14.1. The summed E-state index contributed by atoms with van der Waals surface area (Å²) in [6, 6.07) is 2.44. The molecule has 0 aromatic carbocycles. The van der Waals surface area contributed by atoms with Gasteiger partial charge in [0.2, 0.25) is 0 Å². The summed E-state index contributed by atoms with van der Waals surface area (Å²) in [6.07, 6.45) is 15.9. The SMILES string of the molecule is CC1(C)C(=O)C(C#N)C[C@]2(C)C3CC[C@@H]4[C@H]5CCC[C@]5(COC5CCCCO5)CC[C@@]4(C)[C@]3(C)CC[C@@H]12. The molecule has 1 aliphatic heterocycles. The Morgan fingerprint density at radius 1 is 0.865 bits per heavy atom. The molecule has 0 radical (unpaired) electrons. The number of ketones is 1. The molecule has 4 heteroatoms. The fourth-order valence-corrected chi connectivity index (χ4v) is 12.1. The van der Waals surface area contributed by atoms with Gasteiger partial charge in [-0.2, -0.15) is 5.26 Å². The van der Waals surface area contributed by atoms with Crippen LogP contribution in [-0.2, 0) is 14.3 Å². The fraction of sp³-hybridized carbons (Fsp3) is 0.939. The smallest absolute Gasteiger partial charge is 0.157 e. The Bertz CT molecular complexity index is 963. The lowest BCUT2D eigenvalue weighted by atomic mass is 9.32. The number of nitrogens with zero attached hydrogens (tertiary/aromatic N) is 1. The van der Waals surface area contributed by atoms with E-state index in [-0.39, 0.29) is 22.9 Å². The van der Waals surface area contributed by atoms with Gasteiger partial charge in [0.25, 0.3) is 0 Å². The third kappa shape index (κ3) is 3.54. The number of carbonyl (C=O) groups is 1. The van der Waals surface area contributed by atoms with Crippen LogP contribution in [0.3, 0.4) is 0 Å². The summed E-state index contributed by atoms with van der Waals surface area (Å²) in [5.74, 6) is 2.31. The molecule has 0 aromatic rings. The Balaban J connectivity index is 1.28. The van der Waals surface area contributed by atoms with E-state index in [0.717, 1.165) is 44.3 Å². The van der Waals surface area contributed by atoms with Crippen LogP contribution in [0.25, 0.3) is 0 Å². The molecule has 6 rings (SSSR count). The Labute approximate surface area is 225 Å². The van der Waals surface area contributed by atoms with Crippen LogP contribution in [0.4, 0.5) is 0 Å². The second-order valence-corrected chi connectivity index (χ2v) is 15.6. The predicted molar refractivity (Wildman–Crippen MR) is 144 cm³/mol. The Morgan fingerprint density at radius 3 is 2.41 bits per heavy atom. The molecule has 3 unspecified atom stereocenters. The zero-order valence-corrected chi connectivity index (χ0v) is 24.2. The second kappa shape index (κ2) is 8.79. The molecule has 37 heavy (non-hydrogen) atoms. The van der Waals surface area contributed by atoms with E-state index in [1.807, 2.05) is 0 Å². The van der Waals surface area contributed by atoms with E-state index in [2.05, 4.69) is 40.7 Å². The molecule has 0 amide bonds. The van der Waals surface area contributed by atoms with Gasteiger partial charge in [-0.15, -0.1) is 0 Å². The number of ether oxygens (including phenoxy) is 2. The van der Waals surface area contributed by atoms with Crippen molar-refractivity contribution in [2.45, 2.75) is 124 Å². The average Bonchev–Trinajstić information content (AvgIpc) is 3.30. The molecule has 0 spiro atoms. The van der Waals surface area contributed by atoms with Crippen LogP contribution in [0.5, 0.6) is 0 Å². The van der Waals surface area contributed by atoms with Crippen LogP contribution in [-0.4, -0.2) is 25.3 Å². The van der Waals surface area contributed by atoms with Crippen LogP contribution < -0.4 is 0 Å². The number of Topliss-reactive ketones (excluding diaryl/α,β-unsaturated/α-hetero) is 1. The standard InChI is InChI=1S/C33H51NO3/c1-29(2)25-13-15-32(5)26(30(25,3)19-22(20-34)28(29)35)12-11-23-24-9-8-14-33(24,17-16-31(23,32)4)21-37-27-10-6-7-18-36-27/h22-27H,6-19,21H2,1-5H3/t22?,23-,24-,25+,26?,27?,30+,31-,32-,33-/m1/s1. The van der Waals surface area contributed by atoms with Crippen molar-refractivity contribution < 1.29 is 14.3 Å². The highest BCUT2D eigenvalue weighted by molar-refractivity contribution is 5.89. The first-order chi connectivity index (χ1) is 17.5. The number of carbonyl (C=O) groups excluding carboxylic acids is 1. The molecule has 5 saturated carbocycles. The van der Waals surface area contributed by atoms with Gasteiger partial charge in [0.05, 0.1) is 12.7 Å². The van der Waals surface area contributed by atoms with Gasteiger partial charge in [0.1, 0.15) is 5.92 Å². The topological polar surface area (TPSA) is 59.3 Å². The van der Waals surface area contributed by atoms with Crippen molar-refractivity contribution in [1.82, 2.24) is 0 Å². The van der Waals surface area contributed by atoms with Gasteiger partial charge in [-0.3, -0.25) is 4.79 Å². The normalized spacial score (nSPS) is 52.8. The summed E-state index contributed by atoms with van der Waals surface area (Å²) < 4.78 is 12.5. The summed E-state index contributed by atoms with van der Waals surface area (Å²) in [5.41, 5.74) is 0.639. The van der Waals surface area contributed by atoms with Crippen LogP contribution in [0, 0.1) is 68.0 Å². The molecule has 0 bridgehead atoms. The van der Waals surface area contributed by atoms with Gasteiger partial charge >= 0.3 is 0 Å². The minimum absolute atomic E-state index is 0.0200. The van der Waals surface area contributed by atoms with E-state index in [4.69, 9.17) is 9.47 Å². The summed E-state index contributed by atoms with van der Waals surface area (Å²) >= 11 is 0. The van der Waals surface area contributed by atoms with Crippen molar-refractivity contribution >= 4 is 5.78 Å². The van der Waals surface area contributed by atoms with Gasteiger partial charge in [0, 0.05) is 12.0 Å². The van der Waals surface area contributed by atoms with E-state index < -0.39 is 11.3 Å².